The molecule has 0 saturated heterocycles. The number of hydrogen-bond donors (Lipinski definition) is 3. The van der Waals surface area contributed by atoms with Gasteiger partial charge in [-0.05, 0) is 12.1 Å². The number of carboxylic acids is 1. The Morgan fingerprint density at radius 2 is 1.88 bits per heavy atom. The number of hydrogen-bond acceptors (Lipinski definition) is 4. The van der Waals surface area contributed by atoms with Crippen LogP contribution in [0, 0.1) is 0 Å². The van der Waals surface area contributed by atoms with Crippen molar-refractivity contribution in [1.82, 2.24) is 4.72 Å². The van der Waals surface area contributed by atoms with Crippen LogP contribution in [0.3, 0.4) is 0 Å². The number of sulfonamides is 1. The van der Waals surface area contributed by atoms with Gasteiger partial charge in [0.15, 0.2) is 6.10 Å². The first-order valence-electron chi connectivity index (χ1n) is 4.39. The van der Waals surface area contributed by atoms with Crippen LogP contribution >= 0.6 is 0 Å². The van der Waals surface area contributed by atoms with Crippen molar-refractivity contribution in [1.29, 1.82) is 0 Å². The lowest BCUT2D eigenvalue weighted by molar-refractivity contribution is -0.146. The molecule has 1 atom stereocenters. The summed E-state index contributed by atoms with van der Waals surface area (Å²) in [6.07, 6.45) is -1.75. The van der Waals surface area contributed by atoms with Crippen LogP contribution in [0.15, 0.2) is 35.2 Å². The number of aliphatic hydroxyl groups excluding tert-OH is 1. The number of carbonyl (C=O) groups is 1. The second kappa shape index (κ2) is 5.06. The van der Waals surface area contributed by atoms with Crippen molar-refractivity contribution in [3.63, 3.8) is 0 Å². The first-order valence-corrected chi connectivity index (χ1v) is 5.87. The third-order valence-electron chi connectivity index (χ3n) is 1.81. The van der Waals surface area contributed by atoms with Crippen LogP contribution in [0.2, 0.25) is 0 Å². The zero-order valence-electron chi connectivity index (χ0n) is 8.20. The predicted molar refractivity (Wildman–Crippen MR) is 55.3 cm³/mol. The quantitative estimate of drug-likeness (QED) is 0.643. The van der Waals surface area contributed by atoms with Crippen LogP contribution < -0.4 is 4.72 Å². The van der Waals surface area contributed by atoms with Crippen molar-refractivity contribution in [2.24, 2.45) is 0 Å². The van der Waals surface area contributed by atoms with Gasteiger partial charge in [-0.25, -0.2) is 17.9 Å². The van der Waals surface area contributed by atoms with E-state index in [1.165, 1.54) is 12.1 Å². The molecular formula is C9H11NO5S. The molecule has 0 heterocycles. The fourth-order valence-corrected chi connectivity index (χ4v) is 2.02. The zero-order chi connectivity index (χ0) is 12.2. The average Bonchev–Trinajstić information content (AvgIpc) is 2.27. The van der Waals surface area contributed by atoms with Crippen LogP contribution in [0.5, 0.6) is 0 Å². The van der Waals surface area contributed by atoms with Crippen molar-refractivity contribution >= 4 is 16.0 Å². The fourth-order valence-electron chi connectivity index (χ4n) is 0.959. The zero-order valence-corrected chi connectivity index (χ0v) is 9.02. The molecule has 1 unspecified atom stereocenters. The van der Waals surface area contributed by atoms with Crippen molar-refractivity contribution in [2.45, 2.75) is 11.0 Å². The summed E-state index contributed by atoms with van der Waals surface area (Å²) < 4.78 is 25.1. The lowest BCUT2D eigenvalue weighted by Crippen LogP contribution is -2.36. The Kier molecular flexibility index (Phi) is 3.99. The molecule has 0 fully saturated rings. The summed E-state index contributed by atoms with van der Waals surface area (Å²) in [4.78, 5) is 10.3. The molecule has 0 aliphatic carbocycles. The summed E-state index contributed by atoms with van der Waals surface area (Å²) in [6.45, 7) is -0.563. The van der Waals surface area contributed by atoms with Crippen molar-refractivity contribution in [3.8, 4) is 0 Å². The summed E-state index contributed by atoms with van der Waals surface area (Å²) in [7, 11) is -3.76. The fraction of sp³-hybridized carbons (Fsp3) is 0.222. The maximum Gasteiger partial charge on any atom is 0.333 e. The third-order valence-corrected chi connectivity index (χ3v) is 3.24. The van der Waals surface area contributed by atoms with Gasteiger partial charge in [-0.1, -0.05) is 18.2 Å². The molecule has 0 aliphatic rings. The first kappa shape index (κ1) is 12.6. The Labute approximate surface area is 92.6 Å². The average molecular weight is 245 g/mol. The highest BCUT2D eigenvalue weighted by atomic mass is 32.2. The molecule has 3 N–H and O–H groups in total. The number of aliphatic carboxylic acids is 1. The second-order valence-corrected chi connectivity index (χ2v) is 4.79. The minimum atomic E-state index is -3.76. The summed E-state index contributed by atoms with van der Waals surface area (Å²) in [6, 6.07) is 7.49. The van der Waals surface area contributed by atoms with Crippen LogP contribution in [0.25, 0.3) is 0 Å². The smallest absolute Gasteiger partial charge is 0.333 e. The minimum absolute atomic E-state index is 0.0209. The van der Waals surface area contributed by atoms with E-state index in [2.05, 4.69) is 0 Å². The van der Waals surface area contributed by atoms with Gasteiger partial charge in [0.05, 0.1) is 4.90 Å². The lowest BCUT2D eigenvalue weighted by Gasteiger charge is -2.08. The molecule has 0 bridgehead atoms. The Morgan fingerprint density at radius 3 is 2.38 bits per heavy atom. The number of nitrogens with one attached hydrogen (secondary N) is 1. The van der Waals surface area contributed by atoms with E-state index in [9.17, 15) is 13.2 Å². The molecule has 0 aromatic heterocycles. The SMILES string of the molecule is O=C(O)C(O)CNS(=O)(=O)c1ccccc1. The van der Waals surface area contributed by atoms with Gasteiger partial charge in [-0.2, -0.15) is 0 Å². The maximum atomic E-state index is 11.5. The van der Waals surface area contributed by atoms with Gasteiger partial charge < -0.3 is 10.2 Å². The van der Waals surface area contributed by atoms with Gasteiger partial charge in [0.25, 0.3) is 0 Å². The predicted octanol–water partition coefficient (Wildman–Crippen LogP) is -0.590. The van der Waals surface area contributed by atoms with E-state index in [1.54, 1.807) is 18.2 Å². The molecule has 1 aromatic carbocycles. The van der Waals surface area contributed by atoms with E-state index in [0.29, 0.717) is 0 Å². The topological polar surface area (TPSA) is 104 Å². The Bertz CT molecular complexity index is 456. The monoisotopic (exact) mass is 245 g/mol. The molecule has 88 valence electrons. The van der Waals surface area contributed by atoms with Crippen LogP contribution in [0.1, 0.15) is 0 Å². The molecule has 0 radical (unpaired) electrons. The van der Waals surface area contributed by atoms with Crippen molar-refractivity contribution in [3.05, 3.63) is 30.3 Å². The highest BCUT2D eigenvalue weighted by molar-refractivity contribution is 7.89. The summed E-state index contributed by atoms with van der Waals surface area (Å²) in [5.41, 5.74) is 0. The highest BCUT2D eigenvalue weighted by Crippen LogP contribution is 2.06. The van der Waals surface area contributed by atoms with Gasteiger partial charge in [-0.15, -0.1) is 0 Å². The molecule has 0 spiro atoms. The molecule has 1 aromatic rings. The number of aliphatic hydroxyl groups is 1. The number of rotatable bonds is 5. The lowest BCUT2D eigenvalue weighted by atomic mass is 10.4. The van der Waals surface area contributed by atoms with Gasteiger partial charge in [0, 0.05) is 6.54 Å². The summed E-state index contributed by atoms with van der Waals surface area (Å²) >= 11 is 0. The summed E-state index contributed by atoms with van der Waals surface area (Å²) in [5.74, 6) is -1.48. The van der Waals surface area contributed by atoms with Crippen LogP contribution in [-0.4, -0.2) is 37.2 Å². The molecule has 7 heteroatoms. The van der Waals surface area contributed by atoms with E-state index in [0.717, 1.165) is 0 Å². The van der Waals surface area contributed by atoms with Gasteiger partial charge in [0.2, 0.25) is 10.0 Å². The summed E-state index contributed by atoms with van der Waals surface area (Å²) in [5, 5.41) is 17.3. The number of carboxylic acid groups (broad SMARTS) is 1. The Balaban J connectivity index is 2.71. The van der Waals surface area contributed by atoms with E-state index in [1.807, 2.05) is 4.72 Å². The van der Waals surface area contributed by atoms with E-state index < -0.39 is 28.6 Å². The third kappa shape index (κ3) is 3.30. The van der Waals surface area contributed by atoms with Crippen molar-refractivity contribution in [2.75, 3.05) is 6.54 Å². The first-order chi connectivity index (χ1) is 7.43. The van der Waals surface area contributed by atoms with Crippen LogP contribution in [0.4, 0.5) is 0 Å². The molecule has 16 heavy (non-hydrogen) atoms. The molecule has 1 rings (SSSR count). The van der Waals surface area contributed by atoms with Gasteiger partial charge in [0.1, 0.15) is 0 Å². The maximum absolute atomic E-state index is 11.5. The highest BCUT2D eigenvalue weighted by Gasteiger charge is 2.18. The normalized spacial score (nSPS) is 13.3. The molecule has 6 nitrogen and oxygen atoms in total. The molecule has 0 aliphatic heterocycles. The van der Waals surface area contributed by atoms with Crippen molar-refractivity contribution < 1.29 is 23.4 Å². The largest absolute Gasteiger partial charge is 0.479 e. The Hall–Kier alpha value is -1.44. The molecular weight excluding hydrogens is 234 g/mol. The van der Waals surface area contributed by atoms with E-state index >= 15 is 0 Å². The van der Waals surface area contributed by atoms with E-state index in [4.69, 9.17) is 10.2 Å². The van der Waals surface area contributed by atoms with E-state index in [-0.39, 0.29) is 4.90 Å². The van der Waals surface area contributed by atoms with Crippen LogP contribution in [-0.2, 0) is 14.8 Å². The Morgan fingerprint density at radius 1 is 1.31 bits per heavy atom. The standard InChI is InChI=1S/C9H11NO5S/c11-8(9(12)13)6-10-16(14,15)7-4-2-1-3-5-7/h1-5,8,10-11H,6H2,(H,12,13). The molecule has 0 saturated carbocycles. The minimum Gasteiger partial charge on any atom is -0.479 e. The number of benzene rings is 1. The second-order valence-electron chi connectivity index (χ2n) is 3.02. The molecule has 0 amide bonds. The van der Waals surface area contributed by atoms with Gasteiger partial charge in [-0.3, -0.25) is 0 Å². The van der Waals surface area contributed by atoms with Gasteiger partial charge >= 0.3 is 5.97 Å².